The number of fused-ring (bicyclic) bond motifs is 1. The first kappa shape index (κ1) is 15.5. The lowest BCUT2D eigenvalue weighted by atomic mass is 10.0. The summed E-state index contributed by atoms with van der Waals surface area (Å²) in [5.74, 6) is 0.778. The van der Waals surface area contributed by atoms with Gasteiger partial charge in [-0.15, -0.1) is 0 Å². The molecule has 0 aliphatic carbocycles. The summed E-state index contributed by atoms with van der Waals surface area (Å²) in [6.45, 7) is 3.19. The molecule has 2 fully saturated rings. The van der Waals surface area contributed by atoms with Crippen molar-refractivity contribution in [2.24, 2.45) is 0 Å². The van der Waals surface area contributed by atoms with Crippen molar-refractivity contribution in [1.82, 2.24) is 19.7 Å². The maximum absolute atomic E-state index is 6.16. The molecule has 3 atom stereocenters. The van der Waals surface area contributed by atoms with Gasteiger partial charge in [-0.25, -0.2) is 9.97 Å². The first-order chi connectivity index (χ1) is 11.9. The van der Waals surface area contributed by atoms with Gasteiger partial charge in [-0.1, -0.05) is 0 Å². The highest BCUT2D eigenvalue weighted by molar-refractivity contribution is 5.35. The minimum atomic E-state index is 0.0803. The molecule has 128 valence electrons. The molecular weight excluding hydrogens is 306 g/mol. The molecule has 2 aromatic heterocycles. The molecule has 2 aliphatic rings. The van der Waals surface area contributed by atoms with Gasteiger partial charge in [0.05, 0.1) is 12.6 Å². The van der Waals surface area contributed by atoms with E-state index in [0.29, 0.717) is 12.6 Å². The van der Waals surface area contributed by atoms with Crippen LogP contribution in [0.5, 0.6) is 0 Å². The van der Waals surface area contributed by atoms with E-state index in [4.69, 9.17) is 9.47 Å². The standard InChI is InChI=1S/C17H23N5O2/c1-5-14-16(24-11-1)15(13-22(14)17-18-6-2-7-19-17)23-12-4-10-21-9-3-8-20-21/h2-3,6-9,14-16H,1,4-5,10-13H2/t14-,15-,16+/m1/s1. The Bertz CT molecular complexity index is 621. The smallest absolute Gasteiger partial charge is 0.225 e. The van der Waals surface area contributed by atoms with Crippen LogP contribution < -0.4 is 4.90 Å². The molecule has 0 unspecified atom stereocenters. The molecule has 0 bridgehead atoms. The Labute approximate surface area is 141 Å². The molecule has 4 heterocycles. The second kappa shape index (κ2) is 7.27. The number of ether oxygens (including phenoxy) is 2. The number of anilines is 1. The summed E-state index contributed by atoms with van der Waals surface area (Å²) in [4.78, 5) is 11.1. The predicted molar refractivity (Wildman–Crippen MR) is 88.7 cm³/mol. The molecule has 24 heavy (non-hydrogen) atoms. The molecule has 2 saturated heterocycles. The van der Waals surface area contributed by atoms with Crippen LogP contribution in [-0.4, -0.2) is 57.8 Å². The van der Waals surface area contributed by atoms with Crippen molar-refractivity contribution in [3.8, 4) is 0 Å². The van der Waals surface area contributed by atoms with Gasteiger partial charge >= 0.3 is 0 Å². The number of aromatic nitrogens is 4. The lowest BCUT2D eigenvalue weighted by Gasteiger charge is -2.32. The highest BCUT2D eigenvalue weighted by atomic mass is 16.5. The second-order valence-corrected chi connectivity index (χ2v) is 6.28. The van der Waals surface area contributed by atoms with Gasteiger partial charge in [-0.05, 0) is 31.4 Å². The summed E-state index contributed by atoms with van der Waals surface area (Å²) in [6, 6.07) is 4.10. The number of rotatable bonds is 6. The third-order valence-electron chi connectivity index (χ3n) is 4.71. The summed E-state index contributed by atoms with van der Waals surface area (Å²) >= 11 is 0. The van der Waals surface area contributed by atoms with E-state index in [1.165, 1.54) is 0 Å². The molecule has 0 N–H and O–H groups in total. The molecule has 0 aromatic carbocycles. The number of hydrogen-bond acceptors (Lipinski definition) is 6. The van der Waals surface area contributed by atoms with Crippen LogP contribution in [0.3, 0.4) is 0 Å². The Morgan fingerprint density at radius 2 is 2.12 bits per heavy atom. The molecular formula is C17H23N5O2. The summed E-state index contributed by atoms with van der Waals surface area (Å²) in [6.07, 6.45) is 10.7. The Hall–Kier alpha value is -1.99. The highest BCUT2D eigenvalue weighted by Crippen LogP contribution is 2.32. The van der Waals surface area contributed by atoms with Gasteiger partial charge in [-0.2, -0.15) is 5.10 Å². The van der Waals surface area contributed by atoms with Crippen molar-refractivity contribution in [2.75, 3.05) is 24.7 Å². The number of hydrogen-bond donors (Lipinski definition) is 0. The van der Waals surface area contributed by atoms with Gasteiger partial charge in [0.15, 0.2) is 0 Å². The number of nitrogens with zero attached hydrogens (tertiary/aromatic N) is 5. The van der Waals surface area contributed by atoms with Crippen LogP contribution in [0.4, 0.5) is 5.95 Å². The lowest BCUT2D eigenvalue weighted by molar-refractivity contribution is -0.0740. The van der Waals surface area contributed by atoms with Crippen molar-refractivity contribution in [3.05, 3.63) is 36.9 Å². The van der Waals surface area contributed by atoms with Gasteiger partial charge in [0.25, 0.3) is 0 Å². The van der Waals surface area contributed by atoms with Crippen LogP contribution in [0.15, 0.2) is 36.9 Å². The normalized spacial score (nSPS) is 26.5. The minimum Gasteiger partial charge on any atom is -0.374 e. The average Bonchev–Trinajstić information content (AvgIpc) is 3.28. The molecule has 2 aromatic rings. The van der Waals surface area contributed by atoms with Crippen LogP contribution in [-0.2, 0) is 16.0 Å². The fourth-order valence-electron chi connectivity index (χ4n) is 3.62. The quantitative estimate of drug-likeness (QED) is 0.749. The van der Waals surface area contributed by atoms with E-state index in [-0.39, 0.29) is 12.2 Å². The second-order valence-electron chi connectivity index (χ2n) is 6.28. The molecule has 4 rings (SSSR count). The monoisotopic (exact) mass is 329 g/mol. The van der Waals surface area contributed by atoms with Crippen molar-refractivity contribution in [3.63, 3.8) is 0 Å². The largest absolute Gasteiger partial charge is 0.374 e. The highest BCUT2D eigenvalue weighted by Gasteiger charge is 2.45. The van der Waals surface area contributed by atoms with Crippen LogP contribution >= 0.6 is 0 Å². The SMILES string of the molecule is c1cnc(N2C[C@@H](OCCCn3cccn3)[C@H]3OCCC[C@H]32)nc1. The Balaban J connectivity index is 1.36. The Kier molecular flexibility index (Phi) is 4.71. The summed E-state index contributed by atoms with van der Waals surface area (Å²) < 4.78 is 14.1. The Morgan fingerprint density at radius 1 is 1.21 bits per heavy atom. The molecule has 7 nitrogen and oxygen atoms in total. The zero-order valence-electron chi connectivity index (χ0n) is 13.7. The van der Waals surface area contributed by atoms with Crippen LogP contribution in [0.1, 0.15) is 19.3 Å². The first-order valence-electron chi connectivity index (χ1n) is 8.66. The number of aryl methyl sites for hydroxylation is 1. The van der Waals surface area contributed by atoms with Crippen molar-refractivity contribution >= 4 is 5.95 Å². The van der Waals surface area contributed by atoms with E-state index in [1.807, 2.05) is 23.0 Å². The third kappa shape index (κ3) is 3.27. The lowest BCUT2D eigenvalue weighted by Crippen LogP contribution is -2.42. The fourth-order valence-corrected chi connectivity index (χ4v) is 3.62. The van der Waals surface area contributed by atoms with Crippen molar-refractivity contribution in [1.29, 1.82) is 0 Å². The molecule has 2 aliphatic heterocycles. The molecule has 0 saturated carbocycles. The first-order valence-corrected chi connectivity index (χ1v) is 8.66. The summed E-state index contributed by atoms with van der Waals surface area (Å²) in [5.41, 5.74) is 0. The van der Waals surface area contributed by atoms with E-state index in [2.05, 4.69) is 20.0 Å². The predicted octanol–water partition coefficient (Wildman–Crippen LogP) is 1.52. The Morgan fingerprint density at radius 3 is 2.96 bits per heavy atom. The molecule has 7 heteroatoms. The van der Waals surface area contributed by atoms with Gasteiger partial charge in [-0.3, -0.25) is 4.68 Å². The fraction of sp³-hybridized carbons (Fsp3) is 0.588. The molecule has 0 spiro atoms. The van der Waals surface area contributed by atoms with Gasteiger partial charge in [0.1, 0.15) is 12.2 Å². The topological polar surface area (TPSA) is 65.3 Å². The maximum atomic E-state index is 6.16. The summed E-state index contributed by atoms with van der Waals surface area (Å²) in [5, 5.41) is 4.21. The van der Waals surface area contributed by atoms with Gasteiger partial charge in [0, 0.05) is 44.5 Å². The molecule has 0 radical (unpaired) electrons. The zero-order valence-corrected chi connectivity index (χ0v) is 13.7. The van der Waals surface area contributed by atoms with E-state index >= 15 is 0 Å². The minimum absolute atomic E-state index is 0.0803. The van der Waals surface area contributed by atoms with E-state index in [0.717, 1.165) is 44.9 Å². The van der Waals surface area contributed by atoms with Crippen LogP contribution in [0.2, 0.25) is 0 Å². The third-order valence-corrected chi connectivity index (χ3v) is 4.71. The van der Waals surface area contributed by atoms with Crippen molar-refractivity contribution < 1.29 is 9.47 Å². The van der Waals surface area contributed by atoms with E-state index < -0.39 is 0 Å². The maximum Gasteiger partial charge on any atom is 0.225 e. The summed E-state index contributed by atoms with van der Waals surface area (Å²) in [7, 11) is 0. The zero-order chi connectivity index (χ0) is 16.2. The van der Waals surface area contributed by atoms with E-state index in [9.17, 15) is 0 Å². The van der Waals surface area contributed by atoms with Crippen LogP contribution in [0.25, 0.3) is 0 Å². The van der Waals surface area contributed by atoms with Crippen LogP contribution in [0, 0.1) is 0 Å². The molecule has 0 amide bonds. The van der Waals surface area contributed by atoms with Gasteiger partial charge < -0.3 is 14.4 Å². The van der Waals surface area contributed by atoms with Crippen molar-refractivity contribution in [2.45, 2.75) is 44.1 Å². The van der Waals surface area contributed by atoms with Gasteiger partial charge in [0.2, 0.25) is 5.95 Å². The average molecular weight is 329 g/mol. The van der Waals surface area contributed by atoms with E-state index in [1.54, 1.807) is 18.6 Å².